The molecule has 0 unspecified atom stereocenters. The summed E-state index contributed by atoms with van der Waals surface area (Å²) in [6.45, 7) is 3.63. The molecule has 1 heterocycles. The first-order valence-corrected chi connectivity index (χ1v) is 10.1. The number of halogens is 7. The van der Waals surface area contributed by atoms with Crippen molar-refractivity contribution in [3.8, 4) is 5.75 Å². The van der Waals surface area contributed by atoms with Crippen LogP contribution in [0.3, 0.4) is 0 Å². The molecule has 172 valence electrons. The molecule has 33 heavy (non-hydrogen) atoms. The highest BCUT2D eigenvalue weighted by Crippen LogP contribution is 2.60. The van der Waals surface area contributed by atoms with Crippen LogP contribution in [0.25, 0.3) is 0 Å². The molecule has 0 saturated carbocycles. The third-order valence-electron chi connectivity index (χ3n) is 5.83. The average Bonchev–Trinajstić information content (AvgIpc) is 2.94. The summed E-state index contributed by atoms with van der Waals surface area (Å²) in [5, 5.41) is 9.90. The molecule has 1 aliphatic heterocycles. The van der Waals surface area contributed by atoms with Gasteiger partial charge in [0.2, 0.25) is 5.82 Å². The van der Waals surface area contributed by atoms with Crippen LogP contribution in [0.1, 0.15) is 17.9 Å². The summed E-state index contributed by atoms with van der Waals surface area (Å²) in [4.78, 5) is 21.7. The van der Waals surface area contributed by atoms with Crippen LogP contribution in [0, 0.1) is 29.1 Å². The van der Waals surface area contributed by atoms with Crippen molar-refractivity contribution in [3.63, 3.8) is 0 Å². The Morgan fingerprint density at radius 2 is 1.58 bits per heavy atom. The minimum absolute atomic E-state index is 0.196. The van der Waals surface area contributed by atoms with Gasteiger partial charge in [-0.05, 0) is 29.7 Å². The maximum Gasteiger partial charge on any atom is 0.258 e. The van der Waals surface area contributed by atoms with E-state index in [2.05, 4.69) is 6.58 Å². The molecular formula is C22H12Cl2F5NO3. The number of carbonyl (C=O) groups excluding carboxylic acids is 2. The normalized spacial score (nSPS) is 26.9. The number of imide groups is 1. The van der Waals surface area contributed by atoms with E-state index in [1.807, 2.05) is 0 Å². The van der Waals surface area contributed by atoms with E-state index < -0.39 is 68.7 Å². The van der Waals surface area contributed by atoms with Crippen molar-refractivity contribution in [2.24, 2.45) is 0 Å². The fraction of sp³-hybridized carbons (Fsp3) is 0.182. The number of aromatic hydroxyl groups is 1. The maximum absolute atomic E-state index is 14.5. The molecule has 2 aromatic carbocycles. The van der Waals surface area contributed by atoms with Crippen LogP contribution in [0.5, 0.6) is 5.75 Å². The van der Waals surface area contributed by atoms with Gasteiger partial charge in [0, 0.05) is 5.92 Å². The predicted octanol–water partition coefficient (Wildman–Crippen LogP) is 5.22. The highest BCUT2D eigenvalue weighted by molar-refractivity contribution is 6.58. The standard InChI is InChI=1S/C22H12Cl2F5NO3/c1-2-9-6-7-21(23)19(32)30(18-16(28)14(26)13(25)15(27)17(18)29)20(33)22(21,24)12(9)10-4-3-5-11(31)8-10/h2-6,8,12,31H,1,7H2/t12-,21-,22+/m1/s1. The highest BCUT2D eigenvalue weighted by Gasteiger charge is 2.73. The quantitative estimate of drug-likeness (QED) is 0.205. The molecule has 11 heteroatoms. The molecule has 0 spiro atoms. The molecule has 2 amide bonds. The zero-order valence-electron chi connectivity index (χ0n) is 16.3. The minimum atomic E-state index is -2.46. The summed E-state index contributed by atoms with van der Waals surface area (Å²) in [5.74, 6) is -16.4. The summed E-state index contributed by atoms with van der Waals surface area (Å²) in [6.07, 6.45) is 2.32. The first kappa shape index (κ1) is 23.3. The zero-order valence-corrected chi connectivity index (χ0v) is 17.8. The fourth-order valence-electron chi connectivity index (χ4n) is 4.27. The number of allylic oxidation sites excluding steroid dienone is 3. The van der Waals surface area contributed by atoms with E-state index in [1.165, 1.54) is 36.4 Å². The Labute approximate surface area is 193 Å². The van der Waals surface area contributed by atoms with Crippen LogP contribution >= 0.6 is 23.2 Å². The number of fused-ring (bicyclic) bond motifs is 1. The van der Waals surface area contributed by atoms with Gasteiger partial charge in [-0.25, -0.2) is 26.9 Å². The molecule has 1 fully saturated rings. The number of alkyl halides is 2. The lowest BCUT2D eigenvalue weighted by atomic mass is 9.68. The average molecular weight is 504 g/mol. The second kappa shape index (κ2) is 7.56. The van der Waals surface area contributed by atoms with Crippen LogP contribution < -0.4 is 4.90 Å². The first-order valence-electron chi connectivity index (χ1n) is 9.31. The molecule has 0 bridgehead atoms. The van der Waals surface area contributed by atoms with E-state index in [-0.39, 0.29) is 16.2 Å². The number of rotatable bonds is 3. The lowest BCUT2D eigenvalue weighted by Crippen LogP contribution is -2.54. The van der Waals surface area contributed by atoms with E-state index in [1.54, 1.807) is 0 Å². The summed E-state index contributed by atoms with van der Waals surface area (Å²) in [5.41, 5.74) is -1.28. The Hall–Kier alpha value is -2.91. The smallest absolute Gasteiger partial charge is 0.258 e. The molecule has 0 radical (unpaired) electrons. The Morgan fingerprint density at radius 1 is 1.00 bits per heavy atom. The number of nitrogens with zero attached hydrogens (tertiary/aromatic N) is 1. The van der Waals surface area contributed by atoms with Crippen LogP contribution in [-0.4, -0.2) is 26.7 Å². The number of carbonyl (C=O) groups is 2. The van der Waals surface area contributed by atoms with E-state index in [4.69, 9.17) is 23.2 Å². The monoisotopic (exact) mass is 503 g/mol. The molecule has 4 nitrogen and oxygen atoms in total. The molecule has 1 saturated heterocycles. The molecule has 1 aliphatic carbocycles. The van der Waals surface area contributed by atoms with Gasteiger partial charge in [-0.2, -0.15) is 0 Å². The van der Waals surface area contributed by atoms with Gasteiger partial charge in [-0.3, -0.25) is 9.59 Å². The third-order valence-corrected chi connectivity index (χ3v) is 7.25. The number of phenolic OH excluding ortho intramolecular Hbond substituents is 1. The number of amides is 2. The predicted molar refractivity (Wildman–Crippen MR) is 110 cm³/mol. The zero-order chi connectivity index (χ0) is 24.5. The van der Waals surface area contributed by atoms with Crippen molar-refractivity contribution in [2.75, 3.05) is 4.90 Å². The van der Waals surface area contributed by atoms with Gasteiger partial charge in [-0.15, -0.1) is 23.2 Å². The molecule has 2 aromatic rings. The molecule has 3 atom stereocenters. The fourth-order valence-corrected chi connectivity index (χ4v) is 5.12. The van der Waals surface area contributed by atoms with Crippen molar-refractivity contribution in [1.29, 1.82) is 0 Å². The Balaban J connectivity index is 2.00. The van der Waals surface area contributed by atoms with Crippen molar-refractivity contribution in [2.45, 2.75) is 22.1 Å². The third kappa shape index (κ3) is 2.88. The number of benzene rings is 2. The minimum Gasteiger partial charge on any atom is -0.508 e. The SMILES string of the molecule is C=CC1=CC[C@@]2(Cl)C(=O)N(c3c(F)c(F)c(F)c(F)c3F)C(=O)[C@@]2(Cl)[C@H]1c1cccc(O)c1. The van der Waals surface area contributed by atoms with Gasteiger partial charge < -0.3 is 5.11 Å². The molecule has 4 rings (SSSR count). The van der Waals surface area contributed by atoms with Crippen molar-refractivity contribution in [1.82, 2.24) is 0 Å². The Bertz CT molecular complexity index is 1250. The van der Waals surface area contributed by atoms with E-state index in [0.717, 1.165) is 0 Å². The van der Waals surface area contributed by atoms with Crippen LogP contribution in [0.15, 0.2) is 48.6 Å². The Morgan fingerprint density at radius 3 is 2.12 bits per heavy atom. The topological polar surface area (TPSA) is 57.6 Å². The summed E-state index contributed by atoms with van der Waals surface area (Å²) >= 11 is 13.3. The van der Waals surface area contributed by atoms with Crippen molar-refractivity contribution >= 4 is 40.7 Å². The van der Waals surface area contributed by atoms with E-state index >= 15 is 0 Å². The maximum atomic E-state index is 14.5. The lowest BCUT2D eigenvalue weighted by molar-refractivity contribution is -0.122. The van der Waals surface area contributed by atoms with Crippen LogP contribution in [-0.2, 0) is 9.59 Å². The summed E-state index contributed by atoms with van der Waals surface area (Å²) < 4.78 is 70.3. The Kier molecular flexibility index (Phi) is 5.33. The van der Waals surface area contributed by atoms with Gasteiger partial charge in [0.15, 0.2) is 33.0 Å². The number of phenols is 1. The van der Waals surface area contributed by atoms with Gasteiger partial charge in [0.1, 0.15) is 11.4 Å². The number of hydrogen-bond donors (Lipinski definition) is 1. The molecular weight excluding hydrogens is 492 g/mol. The van der Waals surface area contributed by atoms with E-state index in [0.29, 0.717) is 5.57 Å². The summed E-state index contributed by atoms with van der Waals surface area (Å²) in [7, 11) is 0. The van der Waals surface area contributed by atoms with Crippen LogP contribution in [0.2, 0.25) is 0 Å². The van der Waals surface area contributed by atoms with Crippen molar-refractivity contribution in [3.05, 3.63) is 83.2 Å². The molecule has 1 N–H and O–H groups in total. The first-order chi connectivity index (χ1) is 15.4. The van der Waals surface area contributed by atoms with Crippen LogP contribution in [0.4, 0.5) is 27.6 Å². The highest BCUT2D eigenvalue weighted by atomic mass is 35.5. The van der Waals surface area contributed by atoms with Gasteiger partial charge >= 0.3 is 0 Å². The van der Waals surface area contributed by atoms with Crippen molar-refractivity contribution < 1.29 is 36.6 Å². The largest absolute Gasteiger partial charge is 0.508 e. The second-order valence-corrected chi connectivity index (χ2v) is 8.76. The molecule has 2 aliphatic rings. The summed E-state index contributed by atoms with van der Waals surface area (Å²) in [6, 6.07) is 5.42. The van der Waals surface area contributed by atoms with Gasteiger partial charge in [-0.1, -0.05) is 30.9 Å². The van der Waals surface area contributed by atoms with Gasteiger partial charge in [0.25, 0.3) is 11.8 Å². The second-order valence-electron chi connectivity index (χ2n) is 7.52. The molecule has 0 aromatic heterocycles. The van der Waals surface area contributed by atoms with Gasteiger partial charge in [0.05, 0.1) is 0 Å². The number of hydrogen-bond acceptors (Lipinski definition) is 3. The number of anilines is 1. The van der Waals surface area contributed by atoms with E-state index in [9.17, 15) is 36.6 Å². The lowest BCUT2D eigenvalue weighted by Gasteiger charge is -2.42.